The standard InChI is InChI=1S/C7H9N5.C2H6/c1-4-3-6(8)7-10-9-5(2)12(7)11-4;1-2/h3H,8H2,1-2H3;1-2H3. The number of aryl methyl sites for hydroxylation is 2. The van der Waals surface area contributed by atoms with Crippen LogP contribution < -0.4 is 5.73 Å². The molecule has 14 heavy (non-hydrogen) atoms. The minimum absolute atomic E-state index is 0.614. The van der Waals surface area contributed by atoms with Gasteiger partial charge in [-0.1, -0.05) is 13.8 Å². The third kappa shape index (κ3) is 1.66. The van der Waals surface area contributed by atoms with Crippen molar-refractivity contribution in [3.63, 3.8) is 0 Å². The van der Waals surface area contributed by atoms with E-state index in [4.69, 9.17) is 5.73 Å². The highest BCUT2D eigenvalue weighted by Crippen LogP contribution is 2.10. The lowest BCUT2D eigenvalue weighted by Crippen LogP contribution is -2.00. The van der Waals surface area contributed by atoms with Crippen LogP contribution in [0.15, 0.2) is 6.07 Å². The summed E-state index contributed by atoms with van der Waals surface area (Å²) in [4.78, 5) is 0. The number of hydrogen-bond donors (Lipinski definition) is 1. The Bertz CT molecular complexity index is 432. The average Bonchev–Trinajstić information content (AvgIpc) is 2.52. The Balaban J connectivity index is 0.000000461. The third-order valence-corrected chi connectivity index (χ3v) is 1.68. The number of nitrogens with zero attached hydrogens (tertiary/aromatic N) is 4. The molecule has 5 heteroatoms. The Morgan fingerprint density at radius 2 is 1.86 bits per heavy atom. The predicted molar refractivity (Wildman–Crippen MR) is 56.0 cm³/mol. The van der Waals surface area contributed by atoms with Crippen molar-refractivity contribution in [2.45, 2.75) is 27.7 Å². The van der Waals surface area contributed by atoms with Gasteiger partial charge < -0.3 is 5.73 Å². The van der Waals surface area contributed by atoms with Crippen molar-refractivity contribution < 1.29 is 0 Å². The predicted octanol–water partition coefficient (Wildman–Crippen LogP) is 1.35. The molecule has 2 aromatic rings. The van der Waals surface area contributed by atoms with Crippen LogP contribution in [0.4, 0.5) is 5.69 Å². The van der Waals surface area contributed by atoms with E-state index in [-0.39, 0.29) is 0 Å². The molecule has 2 N–H and O–H groups in total. The monoisotopic (exact) mass is 193 g/mol. The fourth-order valence-corrected chi connectivity index (χ4v) is 1.13. The van der Waals surface area contributed by atoms with Gasteiger partial charge in [0.1, 0.15) is 0 Å². The number of nitrogens with two attached hydrogens (primary N) is 1. The van der Waals surface area contributed by atoms with Gasteiger partial charge in [0.15, 0.2) is 5.82 Å². The highest BCUT2D eigenvalue weighted by Gasteiger charge is 2.05. The summed E-state index contributed by atoms with van der Waals surface area (Å²) in [7, 11) is 0. The molecular weight excluding hydrogens is 178 g/mol. The summed E-state index contributed by atoms with van der Waals surface area (Å²) in [5.74, 6) is 0.750. The van der Waals surface area contributed by atoms with Crippen molar-refractivity contribution in [2.75, 3.05) is 5.73 Å². The van der Waals surface area contributed by atoms with E-state index >= 15 is 0 Å². The molecule has 76 valence electrons. The molecule has 0 aliphatic carbocycles. The van der Waals surface area contributed by atoms with Gasteiger partial charge in [-0.3, -0.25) is 0 Å². The number of fused-ring (bicyclic) bond motifs is 1. The zero-order chi connectivity index (χ0) is 10.7. The Labute approximate surface area is 83.0 Å². The summed E-state index contributed by atoms with van der Waals surface area (Å²) in [6.07, 6.45) is 0. The van der Waals surface area contributed by atoms with Crippen LogP contribution in [0.1, 0.15) is 25.4 Å². The lowest BCUT2D eigenvalue weighted by molar-refractivity contribution is 0.852. The van der Waals surface area contributed by atoms with Gasteiger partial charge in [0, 0.05) is 0 Å². The van der Waals surface area contributed by atoms with Gasteiger partial charge in [0.2, 0.25) is 5.65 Å². The van der Waals surface area contributed by atoms with Gasteiger partial charge in [0.25, 0.3) is 0 Å². The highest BCUT2D eigenvalue weighted by molar-refractivity contribution is 5.63. The number of anilines is 1. The first-order valence-electron chi connectivity index (χ1n) is 4.63. The molecule has 2 rings (SSSR count). The van der Waals surface area contributed by atoms with Gasteiger partial charge in [0.05, 0.1) is 11.4 Å². The van der Waals surface area contributed by atoms with Crippen molar-refractivity contribution in [2.24, 2.45) is 0 Å². The molecule has 0 aliphatic heterocycles. The SMILES string of the molecule is CC.Cc1cc(N)c2nnc(C)n2n1. The first kappa shape index (κ1) is 10.4. The second-order valence-corrected chi connectivity index (χ2v) is 2.72. The van der Waals surface area contributed by atoms with Gasteiger partial charge in [-0.15, -0.1) is 10.2 Å². The first-order chi connectivity index (χ1) is 6.68. The summed E-state index contributed by atoms with van der Waals surface area (Å²) in [5, 5.41) is 12.0. The van der Waals surface area contributed by atoms with Crippen molar-refractivity contribution in [1.29, 1.82) is 0 Å². The van der Waals surface area contributed by atoms with Crippen LogP contribution >= 0.6 is 0 Å². The topological polar surface area (TPSA) is 69.1 Å². The van der Waals surface area contributed by atoms with E-state index in [1.165, 1.54) is 0 Å². The quantitative estimate of drug-likeness (QED) is 0.685. The zero-order valence-corrected chi connectivity index (χ0v) is 8.94. The molecule has 2 aromatic heterocycles. The van der Waals surface area contributed by atoms with E-state index in [9.17, 15) is 0 Å². The van der Waals surface area contributed by atoms with E-state index in [2.05, 4.69) is 15.3 Å². The lowest BCUT2D eigenvalue weighted by atomic mass is 10.4. The number of aromatic nitrogens is 4. The van der Waals surface area contributed by atoms with Crippen LogP contribution in [-0.4, -0.2) is 19.8 Å². The second-order valence-electron chi connectivity index (χ2n) is 2.72. The van der Waals surface area contributed by atoms with Crippen LogP contribution in [0.25, 0.3) is 5.65 Å². The molecular formula is C9H15N5. The summed E-state index contributed by atoms with van der Waals surface area (Å²) in [6, 6.07) is 1.78. The first-order valence-corrected chi connectivity index (χ1v) is 4.63. The molecule has 0 radical (unpaired) electrons. The van der Waals surface area contributed by atoms with Crippen molar-refractivity contribution in [3.05, 3.63) is 17.6 Å². The largest absolute Gasteiger partial charge is 0.396 e. The fraction of sp³-hybridized carbons (Fsp3) is 0.444. The molecule has 0 spiro atoms. The van der Waals surface area contributed by atoms with Crippen LogP contribution in [0, 0.1) is 13.8 Å². The maximum atomic E-state index is 5.71. The maximum absolute atomic E-state index is 5.71. The Kier molecular flexibility index (Phi) is 3.01. The maximum Gasteiger partial charge on any atom is 0.200 e. The smallest absolute Gasteiger partial charge is 0.200 e. The minimum Gasteiger partial charge on any atom is -0.396 e. The molecule has 0 atom stereocenters. The van der Waals surface area contributed by atoms with Gasteiger partial charge in [-0.05, 0) is 19.9 Å². The third-order valence-electron chi connectivity index (χ3n) is 1.68. The summed E-state index contributed by atoms with van der Waals surface area (Å²) < 4.78 is 1.64. The molecule has 0 unspecified atom stereocenters. The van der Waals surface area contributed by atoms with Crippen LogP contribution in [-0.2, 0) is 0 Å². The Hall–Kier alpha value is -1.65. The minimum atomic E-state index is 0.614. The number of rotatable bonds is 0. The molecule has 0 saturated carbocycles. The Morgan fingerprint density at radius 1 is 1.21 bits per heavy atom. The van der Waals surface area contributed by atoms with Crippen molar-refractivity contribution in [1.82, 2.24) is 19.8 Å². The summed E-state index contributed by atoms with van der Waals surface area (Å²) in [5.41, 5.74) is 7.81. The van der Waals surface area contributed by atoms with Crippen molar-refractivity contribution >= 4 is 11.3 Å². The second kappa shape index (κ2) is 4.04. The number of nitrogen functional groups attached to an aromatic ring is 1. The lowest BCUT2D eigenvalue weighted by Gasteiger charge is -1.98. The summed E-state index contributed by atoms with van der Waals surface area (Å²) >= 11 is 0. The zero-order valence-electron chi connectivity index (χ0n) is 8.94. The van der Waals surface area contributed by atoms with E-state index in [0.717, 1.165) is 11.5 Å². The molecule has 2 heterocycles. The normalized spacial score (nSPS) is 9.71. The van der Waals surface area contributed by atoms with Crippen molar-refractivity contribution in [3.8, 4) is 0 Å². The molecule has 0 saturated heterocycles. The molecule has 5 nitrogen and oxygen atoms in total. The fourth-order valence-electron chi connectivity index (χ4n) is 1.13. The highest BCUT2D eigenvalue weighted by atomic mass is 15.4. The van der Waals surface area contributed by atoms with E-state index in [0.29, 0.717) is 11.3 Å². The van der Waals surface area contributed by atoms with E-state index in [1.54, 1.807) is 10.6 Å². The van der Waals surface area contributed by atoms with Gasteiger partial charge in [-0.2, -0.15) is 9.61 Å². The molecule has 0 bridgehead atoms. The van der Waals surface area contributed by atoms with Gasteiger partial charge in [-0.25, -0.2) is 0 Å². The molecule has 0 fully saturated rings. The van der Waals surface area contributed by atoms with Gasteiger partial charge >= 0.3 is 0 Å². The average molecular weight is 193 g/mol. The Morgan fingerprint density at radius 3 is 2.50 bits per heavy atom. The summed E-state index contributed by atoms with van der Waals surface area (Å²) in [6.45, 7) is 7.72. The van der Waals surface area contributed by atoms with Crippen LogP contribution in [0.2, 0.25) is 0 Å². The molecule has 0 aliphatic rings. The molecule has 0 amide bonds. The van der Waals surface area contributed by atoms with Crippen LogP contribution in [0.5, 0.6) is 0 Å². The van der Waals surface area contributed by atoms with E-state index < -0.39 is 0 Å². The van der Waals surface area contributed by atoms with E-state index in [1.807, 2.05) is 27.7 Å². The number of hydrogen-bond acceptors (Lipinski definition) is 4. The molecule has 0 aromatic carbocycles. The van der Waals surface area contributed by atoms with Crippen LogP contribution in [0.3, 0.4) is 0 Å².